The van der Waals surface area contributed by atoms with Crippen LogP contribution in [0.1, 0.15) is 68.3 Å². The summed E-state index contributed by atoms with van der Waals surface area (Å²) in [5.41, 5.74) is 2.25. The molecule has 2 bridgehead atoms. The van der Waals surface area contributed by atoms with Gasteiger partial charge >= 0.3 is 5.97 Å². The molecule has 1 amide bonds. The molecule has 5 heteroatoms. The number of nitrogens with one attached hydrogen (secondary N) is 1. The lowest BCUT2D eigenvalue weighted by molar-refractivity contribution is -0.137. The Morgan fingerprint density at radius 3 is 2.81 bits per heavy atom. The van der Waals surface area contributed by atoms with Crippen molar-refractivity contribution in [2.24, 2.45) is 23.2 Å². The first-order valence-electron chi connectivity index (χ1n) is 11.4. The lowest BCUT2D eigenvalue weighted by Crippen LogP contribution is -2.63. The summed E-state index contributed by atoms with van der Waals surface area (Å²) in [6.45, 7) is 6.77. The monoisotopic (exact) mass is 439 g/mol. The minimum absolute atomic E-state index is 0.0541. The van der Waals surface area contributed by atoms with Crippen molar-refractivity contribution >= 4 is 33.3 Å². The summed E-state index contributed by atoms with van der Waals surface area (Å²) < 4.78 is 1.16. The van der Waals surface area contributed by atoms with Crippen LogP contribution in [0.25, 0.3) is 10.1 Å². The molecule has 3 saturated carbocycles. The number of thiophene rings is 1. The number of hydrogen-bond donors (Lipinski definition) is 2. The van der Waals surface area contributed by atoms with Crippen molar-refractivity contribution in [1.82, 2.24) is 5.32 Å². The van der Waals surface area contributed by atoms with Crippen LogP contribution >= 0.6 is 11.3 Å². The van der Waals surface area contributed by atoms with E-state index in [0.717, 1.165) is 40.8 Å². The van der Waals surface area contributed by atoms with Crippen LogP contribution < -0.4 is 5.32 Å². The number of carbonyl (C=O) groups excluding carboxylic acids is 1. The summed E-state index contributed by atoms with van der Waals surface area (Å²) in [6.07, 6.45) is 9.32. The SMILES string of the molecule is Cc1ccc2scc(C(=O)N[C@@H]3[C@@H](CC=CCCCC(=O)O)C[C@@H]4C[C@H]3C4(C)C)c2c1. The second kappa shape index (κ2) is 8.78. The molecular formula is C26H33NO3S. The molecule has 0 radical (unpaired) electrons. The molecule has 2 N–H and O–H groups in total. The molecule has 0 spiro atoms. The molecule has 4 nitrogen and oxygen atoms in total. The summed E-state index contributed by atoms with van der Waals surface area (Å²) in [5, 5.41) is 15.3. The quantitative estimate of drug-likeness (QED) is 0.381. The number of carboxylic acid groups (broad SMARTS) is 1. The zero-order valence-electron chi connectivity index (χ0n) is 18.7. The van der Waals surface area contributed by atoms with Crippen molar-refractivity contribution in [1.29, 1.82) is 0 Å². The maximum absolute atomic E-state index is 13.3. The van der Waals surface area contributed by atoms with Crippen molar-refractivity contribution in [3.8, 4) is 0 Å². The Labute approximate surface area is 188 Å². The molecule has 3 aliphatic rings. The van der Waals surface area contributed by atoms with E-state index in [1.165, 1.54) is 12.0 Å². The molecule has 1 heterocycles. The first-order valence-corrected chi connectivity index (χ1v) is 12.3. The standard InChI is InChI=1S/C26H33NO3S/c1-16-10-11-22-19(12-16)20(15-31-22)25(30)27-24-17(8-6-4-5-7-9-23(28)29)13-18-14-21(24)26(18,2)3/h4,6,10-12,15,17-18,21,24H,5,7-9,13-14H2,1-3H3,(H,27,30)(H,28,29)/t17-,18+,21+,24+/m0/s1. The molecule has 4 atom stereocenters. The Kier molecular flexibility index (Phi) is 6.25. The van der Waals surface area contributed by atoms with Gasteiger partial charge in [0.2, 0.25) is 0 Å². The van der Waals surface area contributed by atoms with E-state index < -0.39 is 5.97 Å². The molecule has 1 aromatic heterocycles. The van der Waals surface area contributed by atoms with Gasteiger partial charge in [0, 0.05) is 27.9 Å². The molecule has 166 valence electrons. The zero-order chi connectivity index (χ0) is 22.2. The fraction of sp³-hybridized carbons (Fsp3) is 0.538. The second-order valence-electron chi connectivity index (χ2n) is 10.00. The topological polar surface area (TPSA) is 66.4 Å². The van der Waals surface area contributed by atoms with Crippen molar-refractivity contribution in [3.05, 3.63) is 46.9 Å². The highest BCUT2D eigenvalue weighted by Crippen LogP contribution is 2.61. The fourth-order valence-corrected chi connectivity index (χ4v) is 6.60. The molecule has 5 rings (SSSR count). The highest BCUT2D eigenvalue weighted by molar-refractivity contribution is 7.17. The van der Waals surface area contributed by atoms with E-state index in [-0.39, 0.29) is 23.8 Å². The third-order valence-corrected chi connectivity index (χ3v) is 8.68. The van der Waals surface area contributed by atoms with Gasteiger partial charge in [-0.15, -0.1) is 11.3 Å². The average Bonchev–Trinajstić information content (AvgIpc) is 3.13. The number of amides is 1. The number of rotatable bonds is 8. The van der Waals surface area contributed by atoms with Gasteiger partial charge in [-0.1, -0.05) is 37.6 Å². The number of unbranched alkanes of at least 4 members (excludes halogenated alkanes) is 1. The van der Waals surface area contributed by atoms with Crippen molar-refractivity contribution in [2.45, 2.75) is 65.3 Å². The highest BCUT2D eigenvalue weighted by atomic mass is 32.1. The number of carbonyl (C=O) groups is 2. The Morgan fingerprint density at radius 2 is 2.06 bits per heavy atom. The van der Waals surface area contributed by atoms with Crippen LogP contribution in [0, 0.1) is 30.1 Å². The predicted molar refractivity (Wildman–Crippen MR) is 127 cm³/mol. The van der Waals surface area contributed by atoms with Gasteiger partial charge in [0.15, 0.2) is 0 Å². The number of aliphatic carboxylic acids is 1. The lowest BCUT2D eigenvalue weighted by atomic mass is 9.44. The van der Waals surface area contributed by atoms with Gasteiger partial charge in [-0.05, 0) is 74.3 Å². The molecule has 1 aromatic carbocycles. The Morgan fingerprint density at radius 1 is 1.26 bits per heavy atom. The molecule has 31 heavy (non-hydrogen) atoms. The van der Waals surface area contributed by atoms with Gasteiger partial charge in [-0.3, -0.25) is 9.59 Å². The summed E-state index contributed by atoms with van der Waals surface area (Å²) in [7, 11) is 0. The minimum Gasteiger partial charge on any atom is -0.481 e. The molecule has 3 fully saturated rings. The third kappa shape index (κ3) is 4.43. The maximum atomic E-state index is 13.3. The number of fused-ring (bicyclic) bond motifs is 3. The summed E-state index contributed by atoms with van der Waals surface area (Å²) in [4.78, 5) is 24.0. The first kappa shape index (κ1) is 22.1. The van der Waals surface area contributed by atoms with Crippen LogP contribution in [-0.2, 0) is 4.79 Å². The molecule has 0 unspecified atom stereocenters. The second-order valence-corrected chi connectivity index (χ2v) is 10.9. The van der Waals surface area contributed by atoms with E-state index in [4.69, 9.17) is 5.11 Å². The van der Waals surface area contributed by atoms with Crippen LogP contribution in [0.15, 0.2) is 35.7 Å². The van der Waals surface area contributed by atoms with Gasteiger partial charge in [0.05, 0.1) is 5.56 Å². The van der Waals surface area contributed by atoms with Gasteiger partial charge in [0.1, 0.15) is 0 Å². The molecule has 0 aliphatic heterocycles. The van der Waals surface area contributed by atoms with E-state index in [9.17, 15) is 9.59 Å². The Hall–Kier alpha value is -2.14. The van der Waals surface area contributed by atoms with Crippen LogP contribution in [0.4, 0.5) is 0 Å². The Balaban J connectivity index is 1.46. The lowest BCUT2D eigenvalue weighted by Gasteiger charge is -2.62. The van der Waals surface area contributed by atoms with Gasteiger partial charge < -0.3 is 10.4 Å². The van der Waals surface area contributed by atoms with Crippen LogP contribution in [0.5, 0.6) is 0 Å². The number of aryl methyl sites for hydroxylation is 1. The fourth-order valence-electron chi connectivity index (χ4n) is 5.68. The van der Waals surface area contributed by atoms with Gasteiger partial charge in [0.25, 0.3) is 5.91 Å². The first-order chi connectivity index (χ1) is 14.8. The van der Waals surface area contributed by atoms with E-state index >= 15 is 0 Å². The maximum Gasteiger partial charge on any atom is 0.303 e. The zero-order valence-corrected chi connectivity index (χ0v) is 19.5. The van der Waals surface area contributed by atoms with Crippen molar-refractivity contribution in [3.63, 3.8) is 0 Å². The highest BCUT2D eigenvalue weighted by Gasteiger charge is 2.57. The summed E-state index contributed by atoms with van der Waals surface area (Å²) >= 11 is 1.63. The van der Waals surface area contributed by atoms with Crippen LogP contribution in [-0.4, -0.2) is 23.0 Å². The minimum atomic E-state index is -0.734. The smallest absolute Gasteiger partial charge is 0.303 e. The molecule has 3 aliphatic carbocycles. The van der Waals surface area contributed by atoms with E-state index in [0.29, 0.717) is 18.3 Å². The number of benzene rings is 1. The molecule has 0 saturated heterocycles. The summed E-state index contributed by atoms with van der Waals surface area (Å²) in [6, 6.07) is 6.50. The number of allylic oxidation sites excluding steroid dienone is 2. The van der Waals surface area contributed by atoms with E-state index in [1.54, 1.807) is 11.3 Å². The normalized spacial score (nSPS) is 26.7. The largest absolute Gasteiger partial charge is 0.481 e. The Bertz CT molecular complexity index is 1010. The summed E-state index contributed by atoms with van der Waals surface area (Å²) in [5.74, 6) is 1.02. The third-order valence-electron chi connectivity index (χ3n) is 7.71. The molecular weight excluding hydrogens is 406 g/mol. The van der Waals surface area contributed by atoms with Gasteiger partial charge in [-0.25, -0.2) is 0 Å². The predicted octanol–water partition coefficient (Wildman–Crippen LogP) is 6.19. The van der Waals surface area contributed by atoms with E-state index in [1.807, 2.05) is 5.38 Å². The number of carboxylic acids is 1. The van der Waals surface area contributed by atoms with Crippen LogP contribution in [0.2, 0.25) is 0 Å². The van der Waals surface area contributed by atoms with Crippen molar-refractivity contribution < 1.29 is 14.7 Å². The molecule has 2 aromatic rings. The average molecular weight is 440 g/mol. The van der Waals surface area contributed by atoms with Gasteiger partial charge in [-0.2, -0.15) is 0 Å². The van der Waals surface area contributed by atoms with E-state index in [2.05, 4.69) is 56.4 Å². The van der Waals surface area contributed by atoms with Crippen LogP contribution in [0.3, 0.4) is 0 Å². The number of hydrogen-bond acceptors (Lipinski definition) is 3. The van der Waals surface area contributed by atoms with Crippen molar-refractivity contribution in [2.75, 3.05) is 0 Å².